The molecular weight excluding hydrogens is 212 g/mol. The monoisotopic (exact) mass is 226 g/mol. The third-order valence-corrected chi connectivity index (χ3v) is 2.41. The van der Waals surface area contributed by atoms with Crippen molar-refractivity contribution >= 4 is 17.5 Å². The molecule has 0 heterocycles. The van der Waals surface area contributed by atoms with Crippen LogP contribution < -0.4 is 11.1 Å². The van der Waals surface area contributed by atoms with Gasteiger partial charge in [0.2, 0.25) is 5.91 Å². The number of nitrogens with two attached hydrogens (primary N) is 1. The Balaban J connectivity index is 2.37. The fraction of sp³-hybridized carbons (Fsp3) is 0.364. The number of halogens is 1. The minimum Gasteiger partial charge on any atom is -0.352 e. The predicted molar refractivity (Wildman–Crippen MR) is 61.6 cm³/mol. The summed E-state index contributed by atoms with van der Waals surface area (Å²) in [5, 5.41) is 3.47. The lowest BCUT2D eigenvalue weighted by molar-refractivity contribution is -0.121. The Morgan fingerprint density at radius 1 is 1.40 bits per heavy atom. The first kappa shape index (κ1) is 12.0. The van der Waals surface area contributed by atoms with E-state index >= 15 is 0 Å². The van der Waals surface area contributed by atoms with Crippen LogP contribution in [0.3, 0.4) is 0 Å². The van der Waals surface area contributed by atoms with Crippen molar-refractivity contribution in [1.29, 1.82) is 0 Å². The normalized spacial score (nSPS) is 10.0. The minimum absolute atomic E-state index is 0.0142. The van der Waals surface area contributed by atoms with Crippen LogP contribution in [0.1, 0.15) is 18.4 Å². The maximum atomic E-state index is 11.3. The molecule has 0 saturated heterocycles. The van der Waals surface area contributed by atoms with Gasteiger partial charge in [0.15, 0.2) is 0 Å². The van der Waals surface area contributed by atoms with Crippen molar-refractivity contribution in [3.05, 3.63) is 34.9 Å². The van der Waals surface area contributed by atoms with Crippen molar-refractivity contribution in [2.45, 2.75) is 19.4 Å². The van der Waals surface area contributed by atoms with Gasteiger partial charge in [-0.25, -0.2) is 0 Å². The zero-order chi connectivity index (χ0) is 11.1. The summed E-state index contributed by atoms with van der Waals surface area (Å²) >= 11 is 5.94. The van der Waals surface area contributed by atoms with Gasteiger partial charge in [-0.3, -0.25) is 4.79 Å². The van der Waals surface area contributed by atoms with E-state index in [1.165, 1.54) is 0 Å². The highest BCUT2D eigenvalue weighted by molar-refractivity contribution is 6.31. The molecule has 1 aromatic rings. The molecule has 3 N–H and O–H groups in total. The van der Waals surface area contributed by atoms with E-state index in [-0.39, 0.29) is 5.91 Å². The highest BCUT2D eigenvalue weighted by Crippen LogP contribution is 2.14. The second-order valence-electron chi connectivity index (χ2n) is 3.26. The molecule has 0 aliphatic rings. The Hall–Kier alpha value is -1.06. The van der Waals surface area contributed by atoms with E-state index in [1.807, 2.05) is 24.3 Å². The maximum absolute atomic E-state index is 11.3. The Labute approximate surface area is 94.6 Å². The van der Waals surface area contributed by atoms with E-state index in [2.05, 4.69) is 5.32 Å². The molecule has 0 atom stereocenters. The van der Waals surface area contributed by atoms with Crippen molar-refractivity contribution in [2.24, 2.45) is 5.73 Å². The van der Waals surface area contributed by atoms with E-state index in [0.29, 0.717) is 31.0 Å². The van der Waals surface area contributed by atoms with Crippen molar-refractivity contribution in [1.82, 2.24) is 5.32 Å². The summed E-state index contributed by atoms with van der Waals surface area (Å²) in [6.07, 6.45) is 1.19. The molecule has 0 aliphatic heterocycles. The van der Waals surface area contributed by atoms with Crippen molar-refractivity contribution in [3.8, 4) is 0 Å². The van der Waals surface area contributed by atoms with E-state index in [1.54, 1.807) is 0 Å². The molecule has 0 spiro atoms. The Bertz CT molecular complexity index is 328. The van der Waals surface area contributed by atoms with E-state index in [0.717, 1.165) is 5.56 Å². The standard InChI is InChI=1S/C11H15ClN2O/c12-10-5-2-1-4-9(10)8-14-11(15)6-3-7-13/h1-2,4-5H,3,6-8,13H2,(H,14,15). The molecule has 0 aliphatic carbocycles. The summed E-state index contributed by atoms with van der Waals surface area (Å²) in [6.45, 7) is 1.02. The first-order valence-corrected chi connectivity index (χ1v) is 5.32. The molecule has 4 heteroatoms. The fourth-order valence-corrected chi connectivity index (χ4v) is 1.39. The van der Waals surface area contributed by atoms with Gasteiger partial charge in [-0.1, -0.05) is 29.8 Å². The topological polar surface area (TPSA) is 55.1 Å². The van der Waals surface area contributed by atoms with Crippen LogP contribution in [0.2, 0.25) is 5.02 Å². The van der Waals surface area contributed by atoms with Crippen LogP contribution in [0.25, 0.3) is 0 Å². The lowest BCUT2D eigenvalue weighted by atomic mass is 10.2. The molecule has 0 bridgehead atoms. The highest BCUT2D eigenvalue weighted by Gasteiger charge is 2.02. The Kier molecular flexibility index (Phi) is 5.15. The Morgan fingerprint density at radius 2 is 2.13 bits per heavy atom. The van der Waals surface area contributed by atoms with Crippen LogP contribution in [0.4, 0.5) is 0 Å². The summed E-state index contributed by atoms with van der Waals surface area (Å²) in [7, 11) is 0. The van der Waals surface area contributed by atoms with Gasteiger partial charge in [0, 0.05) is 18.0 Å². The van der Waals surface area contributed by atoms with Crippen LogP contribution in [0.5, 0.6) is 0 Å². The van der Waals surface area contributed by atoms with E-state index in [9.17, 15) is 4.79 Å². The summed E-state index contributed by atoms with van der Waals surface area (Å²) in [6, 6.07) is 7.46. The van der Waals surface area contributed by atoms with Crippen molar-refractivity contribution in [2.75, 3.05) is 6.54 Å². The quantitative estimate of drug-likeness (QED) is 0.803. The van der Waals surface area contributed by atoms with Gasteiger partial charge in [0.25, 0.3) is 0 Å². The van der Waals surface area contributed by atoms with Gasteiger partial charge in [0.05, 0.1) is 0 Å². The summed E-state index contributed by atoms with van der Waals surface area (Å²) in [5.41, 5.74) is 6.24. The second kappa shape index (κ2) is 6.43. The van der Waals surface area contributed by atoms with Gasteiger partial charge >= 0.3 is 0 Å². The minimum atomic E-state index is 0.0142. The summed E-state index contributed by atoms with van der Waals surface area (Å²) < 4.78 is 0. The predicted octanol–water partition coefficient (Wildman–Crippen LogP) is 1.70. The molecule has 0 saturated carbocycles. The van der Waals surface area contributed by atoms with Gasteiger partial charge in [0.1, 0.15) is 0 Å². The van der Waals surface area contributed by atoms with Gasteiger partial charge in [-0.2, -0.15) is 0 Å². The summed E-state index contributed by atoms with van der Waals surface area (Å²) in [5.74, 6) is 0.0142. The molecule has 0 unspecified atom stereocenters. The lowest BCUT2D eigenvalue weighted by Gasteiger charge is -2.06. The zero-order valence-corrected chi connectivity index (χ0v) is 9.26. The molecule has 3 nitrogen and oxygen atoms in total. The third kappa shape index (κ3) is 4.32. The van der Waals surface area contributed by atoms with Gasteiger partial charge < -0.3 is 11.1 Å². The highest BCUT2D eigenvalue weighted by atomic mass is 35.5. The largest absolute Gasteiger partial charge is 0.352 e. The number of carbonyl (C=O) groups excluding carboxylic acids is 1. The smallest absolute Gasteiger partial charge is 0.220 e. The van der Waals surface area contributed by atoms with Crippen molar-refractivity contribution < 1.29 is 4.79 Å². The molecular formula is C11H15ClN2O. The first-order chi connectivity index (χ1) is 7.24. The van der Waals surface area contributed by atoms with Crippen LogP contribution >= 0.6 is 11.6 Å². The molecule has 1 rings (SSSR count). The Morgan fingerprint density at radius 3 is 2.80 bits per heavy atom. The number of hydrogen-bond donors (Lipinski definition) is 2. The SMILES string of the molecule is NCCCC(=O)NCc1ccccc1Cl. The van der Waals surface area contributed by atoms with Crippen LogP contribution in [-0.2, 0) is 11.3 Å². The van der Waals surface area contributed by atoms with Crippen LogP contribution in [0.15, 0.2) is 24.3 Å². The average molecular weight is 227 g/mol. The maximum Gasteiger partial charge on any atom is 0.220 e. The molecule has 82 valence electrons. The van der Waals surface area contributed by atoms with E-state index in [4.69, 9.17) is 17.3 Å². The van der Waals surface area contributed by atoms with E-state index < -0.39 is 0 Å². The lowest BCUT2D eigenvalue weighted by Crippen LogP contribution is -2.23. The molecule has 0 fully saturated rings. The molecule has 1 aromatic carbocycles. The third-order valence-electron chi connectivity index (χ3n) is 2.04. The number of benzene rings is 1. The number of amides is 1. The van der Waals surface area contributed by atoms with Crippen LogP contribution in [-0.4, -0.2) is 12.5 Å². The number of nitrogens with one attached hydrogen (secondary N) is 1. The number of hydrogen-bond acceptors (Lipinski definition) is 2. The number of rotatable bonds is 5. The van der Waals surface area contributed by atoms with Gasteiger partial charge in [-0.05, 0) is 24.6 Å². The average Bonchev–Trinajstić information content (AvgIpc) is 2.25. The van der Waals surface area contributed by atoms with Crippen molar-refractivity contribution in [3.63, 3.8) is 0 Å². The molecule has 0 aromatic heterocycles. The fourth-order valence-electron chi connectivity index (χ4n) is 1.19. The summed E-state index contributed by atoms with van der Waals surface area (Å²) in [4.78, 5) is 11.3. The molecule has 15 heavy (non-hydrogen) atoms. The van der Waals surface area contributed by atoms with Gasteiger partial charge in [-0.15, -0.1) is 0 Å². The van der Waals surface area contributed by atoms with Crippen LogP contribution in [0, 0.1) is 0 Å². The number of carbonyl (C=O) groups is 1. The molecule has 0 radical (unpaired) electrons. The first-order valence-electron chi connectivity index (χ1n) is 4.94. The zero-order valence-electron chi connectivity index (χ0n) is 8.50. The second-order valence-corrected chi connectivity index (χ2v) is 3.67. The molecule has 1 amide bonds.